The van der Waals surface area contributed by atoms with Gasteiger partial charge in [0.25, 0.3) is 0 Å². The second-order valence-electron chi connectivity index (χ2n) is 3.24. The van der Waals surface area contributed by atoms with Crippen molar-refractivity contribution in [3.05, 3.63) is 0 Å². The Kier molecular flexibility index (Phi) is 3.62. The van der Waals surface area contributed by atoms with Gasteiger partial charge in [-0.25, -0.2) is 0 Å². The number of hydrogen-bond donors (Lipinski definition) is 1. The van der Waals surface area contributed by atoms with E-state index in [0.29, 0.717) is 6.54 Å². The molecule has 0 aromatic rings. The molecule has 1 aliphatic heterocycles. The van der Waals surface area contributed by atoms with E-state index in [-0.39, 0.29) is 12.5 Å². The summed E-state index contributed by atoms with van der Waals surface area (Å²) >= 11 is 0. The Morgan fingerprint density at radius 2 is 2.00 bits per heavy atom. The molecule has 14 heavy (non-hydrogen) atoms. The summed E-state index contributed by atoms with van der Waals surface area (Å²) in [4.78, 5) is 34.4. The Bertz CT molecular complexity index is 263. The Morgan fingerprint density at radius 3 is 2.64 bits per heavy atom. The number of amides is 3. The van der Waals surface area contributed by atoms with E-state index in [0.717, 1.165) is 24.2 Å². The molecule has 1 saturated heterocycles. The Labute approximate surface area is 82.4 Å². The predicted molar refractivity (Wildman–Crippen MR) is 49.3 cm³/mol. The Hall–Kier alpha value is -1.39. The van der Waals surface area contributed by atoms with Crippen molar-refractivity contribution in [1.29, 1.82) is 0 Å². The van der Waals surface area contributed by atoms with Crippen LogP contribution < -0.4 is 5.32 Å². The molecule has 1 aliphatic rings. The number of carbonyl (C=O) groups is 3. The number of unbranched alkanes of at least 4 members (excludes halogenated alkanes) is 2. The molecule has 3 amide bonds. The van der Waals surface area contributed by atoms with Gasteiger partial charge in [-0.15, -0.1) is 0 Å². The first kappa shape index (κ1) is 10.7. The van der Waals surface area contributed by atoms with E-state index in [1.807, 2.05) is 6.92 Å². The zero-order valence-corrected chi connectivity index (χ0v) is 8.21. The van der Waals surface area contributed by atoms with Crippen LogP contribution in [0.4, 0.5) is 0 Å². The summed E-state index contributed by atoms with van der Waals surface area (Å²) in [6.45, 7) is 2.34. The number of carbonyl (C=O) groups excluding carboxylic acids is 3. The molecular formula is C9H14N2O3. The van der Waals surface area contributed by atoms with Crippen molar-refractivity contribution in [2.45, 2.75) is 26.2 Å². The average Bonchev–Trinajstić information content (AvgIpc) is 2.18. The highest BCUT2D eigenvalue weighted by Crippen LogP contribution is 2.02. The molecule has 0 unspecified atom stereocenters. The van der Waals surface area contributed by atoms with Crippen molar-refractivity contribution in [1.82, 2.24) is 10.2 Å². The standard InChI is InChI=1S/C9H14N2O3/c1-2-3-4-5-11-7(12)6-10-8(13)9(11)14/h2-6H2,1H3,(H,10,13). The van der Waals surface area contributed by atoms with Crippen molar-refractivity contribution in [3.8, 4) is 0 Å². The van der Waals surface area contributed by atoms with Gasteiger partial charge >= 0.3 is 11.8 Å². The molecule has 0 aliphatic carbocycles. The SMILES string of the molecule is CCCCCN1C(=O)CNC(=O)C1=O. The molecule has 1 rings (SSSR count). The molecule has 0 aromatic carbocycles. The third-order valence-electron chi connectivity index (χ3n) is 2.13. The van der Waals surface area contributed by atoms with Crippen LogP contribution in [0.25, 0.3) is 0 Å². The number of imide groups is 1. The van der Waals surface area contributed by atoms with Gasteiger partial charge in [0.15, 0.2) is 0 Å². The molecule has 0 aromatic heterocycles. The normalized spacial score (nSPS) is 17.2. The van der Waals surface area contributed by atoms with E-state index in [2.05, 4.69) is 5.32 Å². The van der Waals surface area contributed by atoms with Gasteiger partial charge in [-0.3, -0.25) is 19.3 Å². The topological polar surface area (TPSA) is 66.5 Å². The van der Waals surface area contributed by atoms with Gasteiger partial charge in [-0.1, -0.05) is 19.8 Å². The van der Waals surface area contributed by atoms with Gasteiger partial charge in [-0.2, -0.15) is 0 Å². The van der Waals surface area contributed by atoms with Crippen molar-refractivity contribution in [2.75, 3.05) is 13.1 Å². The van der Waals surface area contributed by atoms with Crippen LogP contribution in [0.1, 0.15) is 26.2 Å². The molecule has 1 fully saturated rings. The summed E-state index contributed by atoms with van der Waals surface area (Å²) in [5.74, 6) is -1.72. The number of piperazine rings is 1. The summed E-state index contributed by atoms with van der Waals surface area (Å²) in [7, 11) is 0. The van der Waals surface area contributed by atoms with E-state index in [1.165, 1.54) is 0 Å². The van der Waals surface area contributed by atoms with Crippen LogP contribution in [0.5, 0.6) is 0 Å². The number of nitrogens with one attached hydrogen (secondary N) is 1. The van der Waals surface area contributed by atoms with E-state index in [1.54, 1.807) is 0 Å². The fourth-order valence-corrected chi connectivity index (χ4v) is 1.31. The zero-order chi connectivity index (χ0) is 10.6. The Balaban J connectivity index is 2.50. The molecule has 5 nitrogen and oxygen atoms in total. The second kappa shape index (κ2) is 4.74. The summed E-state index contributed by atoms with van der Waals surface area (Å²) in [6.07, 6.45) is 2.74. The largest absolute Gasteiger partial charge is 0.339 e. The maximum absolute atomic E-state index is 11.2. The minimum Gasteiger partial charge on any atom is -0.339 e. The molecule has 78 valence electrons. The predicted octanol–water partition coefficient (Wildman–Crippen LogP) is -0.338. The van der Waals surface area contributed by atoms with Crippen LogP contribution in [-0.4, -0.2) is 35.7 Å². The first-order valence-corrected chi connectivity index (χ1v) is 4.79. The second-order valence-corrected chi connectivity index (χ2v) is 3.24. The van der Waals surface area contributed by atoms with Crippen LogP contribution in [0, 0.1) is 0 Å². The van der Waals surface area contributed by atoms with Crippen LogP contribution in [0.2, 0.25) is 0 Å². The molecule has 1 heterocycles. The van der Waals surface area contributed by atoms with Crippen LogP contribution in [0.3, 0.4) is 0 Å². The molecule has 1 N–H and O–H groups in total. The average molecular weight is 198 g/mol. The lowest BCUT2D eigenvalue weighted by atomic mass is 10.2. The summed E-state index contributed by atoms with van der Waals surface area (Å²) in [5, 5.41) is 2.22. The number of hydrogen-bond acceptors (Lipinski definition) is 3. The van der Waals surface area contributed by atoms with Crippen molar-refractivity contribution < 1.29 is 14.4 Å². The molecule has 0 atom stereocenters. The molecule has 0 saturated carbocycles. The molecular weight excluding hydrogens is 184 g/mol. The summed E-state index contributed by atoms with van der Waals surface area (Å²) < 4.78 is 0. The van der Waals surface area contributed by atoms with Crippen molar-refractivity contribution >= 4 is 17.7 Å². The highest BCUT2D eigenvalue weighted by Gasteiger charge is 2.31. The van der Waals surface area contributed by atoms with Gasteiger partial charge in [0.05, 0.1) is 6.54 Å². The lowest BCUT2D eigenvalue weighted by Crippen LogP contribution is -2.55. The fraction of sp³-hybridized carbons (Fsp3) is 0.667. The highest BCUT2D eigenvalue weighted by atomic mass is 16.2. The first-order valence-electron chi connectivity index (χ1n) is 4.79. The zero-order valence-electron chi connectivity index (χ0n) is 8.21. The quantitative estimate of drug-likeness (QED) is 0.382. The van der Waals surface area contributed by atoms with E-state index >= 15 is 0 Å². The third-order valence-corrected chi connectivity index (χ3v) is 2.13. The summed E-state index contributed by atoms with van der Waals surface area (Å²) in [6, 6.07) is 0. The van der Waals surface area contributed by atoms with Crippen LogP contribution in [-0.2, 0) is 14.4 Å². The minimum absolute atomic E-state index is 0.0588. The number of rotatable bonds is 4. The maximum atomic E-state index is 11.2. The smallest absolute Gasteiger partial charge is 0.318 e. The molecule has 0 spiro atoms. The van der Waals surface area contributed by atoms with Crippen molar-refractivity contribution in [2.24, 2.45) is 0 Å². The van der Waals surface area contributed by atoms with Gasteiger partial charge in [-0.05, 0) is 6.42 Å². The molecule has 0 radical (unpaired) electrons. The lowest BCUT2D eigenvalue weighted by molar-refractivity contribution is -0.156. The number of nitrogens with zero attached hydrogens (tertiary/aromatic N) is 1. The van der Waals surface area contributed by atoms with Crippen LogP contribution >= 0.6 is 0 Å². The van der Waals surface area contributed by atoms with E-state index < -0.39 is 11.8 Å². The van der Waals surface area contributed by atoms with Gasteiger partial charge in [0.1, 0.15) is 0 Å². The third kappa shape index (κ3) is 2.31. The Morgan fingerprint density at radius 1 is 1.29 bits per heavy atom. The fourth-order valence-electron chi connectivity index (χ4n) is 1.31. The minimum atomic E-state index is -0.725. The van der Waals surface area contributed by atoms with Crippen molar-refractivity contribution in [3.63, 3.8) is 0 Å². The van der Waals surface area contributed by atoms with Gasteiger partial charge < -0.3 is 5.32 Å². The lowest BCUT2D eigenvalue weighted by Gasteiger charge is -2.24. The van der Waals surface area contributed by atoms with E-state index in [4.69, 9.17) is 0 Å². The maximum Gasteiger partial charge on any atom is 0.318 e. The van der Waals surface area contributed by atoms with Gasteiger partial charge in [0, 0.05) is 6.54 Å². The molecule has 0 bridgehead atoms. The summed E-state index contributed by atoms with van der Waals surface area (Å²) in [5.41, 5.74) is 0. The van der Waals surface area contributed by atoms with E-state index in [9.17, 15) is 14.4 Å². The monoisotopic (exact) mass is 198 g/mol. The first-order chi connectivity index (χ1) is 6.66. The molecule has 5 heteroatoms. The highest BCUT2D eigenvalue weighted by molar-refractivity contribution is 6.39. The van der Waals surface area contributed by atoms with Crippen LogP contribution in [0.15, 0.2) is 0 Å². The van der Waals surface area contributed by atoms with Gasteiger partial charge in [0.2, 0.25) is 5.91 Å².